The summed E-state index contributed by atoms with van der Waals surface area (Å²) in [7, 11) is 0. The summed E-state index contributed by atoms with van der Waals surface area (Å²) in [5.74, 6) is 0. The number of hydrogen-bond acceptors (Lipinski definition) is 3. The standard InChI is InChI=1S/C9H15N3/c10-5-1-2-9(11)8-3-6-12-7-4-8/h3-4,6-7,9H,1-2,5,10-11H2/t9-/m1/s1. The highest BCUT2D eigenvalue weighted by molar-refractivity contribution is 5.13. The average Bonchev–Trinajstić information content (AvgIpc) is 2.15. The minimum Gasteiger partial charge on any atom is -0.330 e. The monoisotopic (exact) mass is 165 g/mol. The molecule has 0 aliphatic rings. The first-order valence-electron chi connectivity index (χ1n) is 4.20. The van der Waals surface area contributed by atoms with Crippen LogP contribution < -0.4 is 11.5 Å². The van der Waals surface area contributed by atoms with E-state index in [1.54, 1.807) is 12.4 Å². The first-order valence-corrected chi connectivity index (χ1v) is 4.20. The normalized spacial score (nSPS) is 12.8. The summed E-state index contributed by atoms with van der Waals surface area (Å²) >= 11 is 0. The Balaban J connectivity index is 2.48. The van der Waals surface area contributed by atoms with E-state index >= 15 is 0 Å². The lowest BCUT2D eigenvalue weighted by molar-refractivity contribution is 0.617. The van der Waals surface area contributed by atoms with Gasteiger partial charge in [-0.25, -0.2) is 0 Å². The molecular weight excluding hydrogens is 150 g/mol. The fraction of sp³-hybridized carbons (Fsp3) is 0.444. The lowest BCUT2D eigenvalue weighted by atomic mass is 10.0. The fourth-order valence-corrected chi connectivity index (χ4v) is 1.12. The van der Waals surface area contributed by atoms with Crippen LogP contribution in [0.3, 0.4) is 0 Å². The minimum absolute atomic E-state index is 0.108. The molecule has 0 fully saturated rings. The van der Waals surface area contributed by atoms with E-state index in [4.69, 9.17) is 11.5 Å². The quantitative estimate of drug-likeness (QED) is 0.694. The topological polar surface area (TPSA) is 64.9 Å². The fourth-order valence-electron chi connectivity index (χ4n) is 1.12. The summed E-state index contributed by atoms with van der Waals surface area (Å²) in [4.78, 5) is 3.93. The van der Waals surface area contributed by atoms with Crippen molar-refractivity contribution in [1.29, 1.82) is 0 Å². The van der Waals surface area contributed by atoms with Gasteiger partial charge >= 0.3 is 0 Å². The van der Waals surface area contributed by atoms with Crippen molar-refractivity contribution in [2.75, 3.05) is 6.54 Å². The van der Waals surface area contributed by atoms with Crippen LogP contribution in [0.1, 0.15) is 24.4 Å². The van der Waals surface area contributed by atoms with Gasteiger partial charge in [-0.05, 0) is 37.1 Å². The molecule has 4 N–H and O–H groups in total. The SMILES string of the molecule is NCCC[C@@H](N)c1ccncc1. The number of aromatic nitrogens is 1. The van der Waals surface area contributed by atoms with E-state index in [1.165, 1.54) is 0 Å². The molecule has 66 valence electrons. The van der Waals surface area contributed by atoms with Gasteiger partial charge in [-0.15, -0.1) is 0 Å². The lowest BCUT2D eigenvalue weighted by Crippen LogP contribution is -2.12. The molecule has 0 saturated carbocycles. The number of rotatable bonds is 4. The first kappa shape index (κ1) is 9.16. The van der Waals surface area contributed by atoms with Gasteiger partial charge in [-0.2, -0.15) is 0 Å². The van der Waals surface area contributed by atoms with Crippen LogP contribution in [-0.4, -0.2) is 11.5 Å². The number of nitrogens with zero attached hydrogens (tertiary/aromatic N) is 1. The minimum atomic E-state index is 0.108. The van der Waals surface area contributed by atoms with Gasteiger partial charge in [0.05, 0.1) is 0 Å². The maximum Gasteiger partial charge on any atom is 0.0296 e. The Bertz CT molecular complexity index is 210. The van der Waals surface area contributed by atoms with Crippen LogP contribution in [0.15, 0.2) is 24.5 Å². The van der Waals surface area contributed by atoms with E-state index in [-0.39, 0.29) is 6.04 Å². The Hall–Kier alpha value is -0.930. The van der Waals surface area contributed by atoms with Crippen LogP contribution in [0.5, 0.6) is 0 Å². The van der Waals surface area contributed by atoms with Crippen molar-refractivity contribution >= 4 is 0 Å². The van der Waals surface area contributed by atoms with E-state index < -0.39 is 0 Å². The molecule has 1 atom stereocenters. The molecule has 1 aromatic rings. The summed E-state index contributed by atoms with van der Waals surface area (Å²) in [6, 6.07) is 4.00. The van der Waals surface area contributed by atoms with Gasteiger partial charge in [0.2, 0.25) is 0 Å². The third-order valence-electron chi connectivity index (χ3n) is 1.85. The molecule has 1 rings (SSSR count). The highest BCUT2D eigenvalue weighted by atomic mass is 14.7. The van der Waals surface area contributed by atoms with Gasteiger partial charge in [-0.1, -0.05) is 0 Å². The summed E-state index contributed by atoms with van der Waals surface area (Å²) < 4.78 is 0. The zero-order valence-electron chi connectivity index (χ0n) is 7.11. The van der Waals surface area contributed by atoms with Crippen molar-refractivity contribution in [3.63, 3.8) is 0 Å². The van der Waals surface area contributed by atoms with Crippen LogP contribution in [0, 0.1) is 0 Å². The van der Waals surface area contributed by atoms with Crippen LogP contribution in [0.25, 0.3) is 0 Å². The largest absolute Gasteiger partial charge is 0.330 e. The van der Waals surface area contributed by atoms with Crippen molar-refractivity contribution < 1.29 is 0 Å². The molecule has 0 aliphatic carbocycles. The van der Waals surface area contributed by atoms with Crippen LogP contribution in [0.4, 0.5) is 0 Å². The van der Waals surface area contributed by atoms with Crippen LogP contribution in [0.2, 0.25) is 0 Å². The second-order valence-corrected chi connectivity index (χ2v) is 2.82. The lowest BCUT2D eigenvalue weighted by Gasteiger charge is -2.09. The number of nitrogens with two attached hydrogens (primary N) is 2. The third kappa shape index (κ3) is 2.60. The Labute approximate surface area is 72.8 Å². The smallest absolute Gasteiger partial charge is 0.0296 e. The van der Waals surface area contributed by atoms with Crippen molar-refractivity contribution in [2.45, 2.75) is 18.9 Å². The van der Waals surface area contributed by atoms with Gasteiger partial charge in [0.1, 0.15) is 0 Å². The van der Waals surface area contributed by atoms with E-state index in [0.29, 0.717) is 6.54 Å². The molecule has 1 heterocycles. The van der Waals surface area contributed by atoms with Gasteiger partial charge < -0.3 is 11.5 Å². The molecule has 0 bridgehead atoms. The van der Waals surface area contributed by atoms with Crippen molar-refractivity contribution in [3.05, 3.63) is 30.1 Å². The molecule has 0 aromatic carbocycles. The highest BCUT2D eigenvalue weighted by Crippen LogP contribution is 2.13. The molecule has 3 heteroatoms. The predicted molar refractivity (Wildman–Crippen MR) is 49.5 cm³/mol. The average molecular weight is 165 g/mol. The highest BCUT2D eigenvalue weighted by Gasteiger charge is 2.03. The summed E-state index contributed by atoms with van der Waals surface area (Å²) in [5.41, 5.74) is 12.4. The second-order valence-electron chi connectivity index (χ2n) is 2.82. The Morgan fingerprint density at radius 3 is 2.58 bits per heavy atom. The molecule has 1 aromatic heterocycles. The van der Waals surface area contributed by atoms with Gasteiger partial charge in [0.25, 0.3) is 0 Å². The van der Waals surface area contributed by atoms with Crippen LogP contribution >= 0.6 is 0 Å². The number of pyridine rings is 1. The van der Waals surface area contributed by atoms with E-state index in [1.807, 2.05) is 12.1 Å². The number of hydrogen-bond donors (Lipinski definition) is 2. The summed E-state index contributed by atoms with van der Waals surface area (Å²) in [6.45, 7) is 0.707. The van der Waals surface area contributed by atoms with Crippen molar-refractivity contribution in [3.8, 4) is 0 Å². The molecule has 0 unspecified atom stereocenters. The molecule has 3 nitrogen and oxygen atoms in total. The maximum atomic E-state index is 5.90. The molecule has 0 amide bonds. The summed E-state index contributed by atoms with van der Waals surface area (Å²) in [5, 5.41) is 0. The molecule has 12 heavy (non-hydrogen) atoms. The Kier molecular flexibility index (Phi) is 3.70. The van der Waals surface area contributed by atoms with Crippen LogP contribution in [-0.2, 0) is 0 Å². The van der Waals surface area contributed by atoms with E-state index in [0.717, 1.165) is 18.4 Å². The Morgan fingerprint density at radius 2 is 2.00 bits per heavy atom. The summed E-state index contributed by atoms with van der Waals surface area (Å²) in [6.07, 6.45) is 5.44. The van der Waals surface area contributed by atoms with E-state index in [9.17, 15) is 0 Å². The van der Waals surface area contributed by atoms with Crippen molar-refractivity contribution in [2.24, 2.45) is 11.5 Å². The maximum absolute atomic E-state index is 5.90. The molecule has 0 radical (unpaired) electrons. The molecular formula is C9H15N3. The van der Waals surface area contributed by atoms with Gasteiger partial charge in [-0.3, -0.25) is 4.98 Å². The Morgan fingerprint density at radius 1 is 1.33 bits per heavy atom. The molecule has 0 aliphatic heterocycles. The van der Waals surface area contributed by atoms with Crippen molar-refractivity contribution in [1.82, 2.24) is 4.98 Å². The predicted octanol–water partition coefficient (Wildman–Crippen LogP) is 0.820. The zero-order valence-corrected chi connectivity index (χ0v) is 7.11. The third-order valence-corrected chi connectivity index (χ3v) is 1.85. The molecule has 0 saturated heterocycles. The zero-order chi connectivity index (χ0) is 8.81. The van der Waals surface area contributed by atoms with Gasteiger partial charge in [0, 0.05) is 18.4 Å². The molecule has 0 spiro atoms. The first-order chi connectivity index (χ1) is 5.84. The van der Waals surface area contributed by atoms with Gasteiger partial charge in [0.15, 0.2) is 0 Å². The van der Waals surface area contributed by atoms with E-state index in [2.05, 4.69) is 4.98 Å². The second kappa shape index (κ2) is 4.85.